The zero-order valence-corrected chi connectivity index (χ0v) is 8.82. The summed E-state index contributed by atoms with van der Waals surface area (Å²) in [6.07, 6.45) is 3.01. The maximum atomic E-state index is 5.85. The van der Waals surface area contributed by atoms with Crippen molar-refractivity contribution < 1.29 is 4.52 Å². The molecule has 0 aliphatic heterocycles. The van der Waals surface area contributed by atoms with Crippen molar-refractivity contribution in [3.8, 4) is 0 Å². The molecule has 5 nitrogen and oxygen atoms in total. The lowest BCUT2D eigenvalue weighted by Gasteiger charge is -2.06. The highest BCUT2D eigenvalue weighted by molar-refractivity contribution is 6.30. The maximum absolute atomic E-state index is 5.85. The van der Waals surface area contributed by atoms with E-state index in [-0.39, 0.29) is 0 Å². The molecule has 0 saturated carbocycles. The Morgan fingerprint density at radius 3 is 3.07 bits per heavy atom. The van der Waals surface area contributed by atoms with Gasteiger partial charge in [-0.3, -0.25) is 0 Å². The van der Waals surface area contributed by atoms with Crippen molar-refractivity contribution in [2.45, 2.75) is 13.5 Å². The molecule has 2 aromatic rings. The first-order chi connectivity index (χ1) is 7.27. The molecule has 0 saturated heterocycles. The summed E-state index contributed by atoms with van der Waals surface area (Å²) in [5.74, 6) is 1.44. The van der Waals surface area contributed by atoms with Gasteiger partial charge in [-0.1, -0.05) is 16.8 Å². The van der Waals surface area contributed by atoms with Gasteiger partial charge in [-0.25, -0.2) is 9.97 Å². The minimum atomic E-state index is 0.449. The first kappa shape index (κ1) is 9.92. The lowest BCUT2D eigenvalue weighted by atomic mass is 10.3. The van der Waals surface area contributed by atoms with E-state index >= 15 is 0 Å². The molecule has 0 aliphatic rings. The van der Waals surface area contributed by atoms with Crippen LogP contribution in [0.25, 0.3) is 0 Å². The predicted molar refractivity (Wildman–Crippen MR) is 55.6 cm³/mol. The highest BCUT2D eigenvalue weighted by atomic mass is 35.5. The van der Waals surface area contributed by atoms with E-state index in [0.29, 0.717) is 17.5 Å². The minimum Gasteiger partial charge on any atom is -0.362 e. The van der Waals surface area contributed by atoms with Crippen molar-refractivity contribution in [3.63, 3.8) is 0 Å². The van der Waals surface area contributed by atoms with Gasteiger partial charge in [0.1, 0.15) is 17.3 Å². The summed E-state index contributed by atoms with van der Waals surface area (Å²) in [6.45, 7) is 2.37. The molecule has 0 spiro atoms. The van der Waals surface area contributed by atoms with Crippen LogP contribution in [0.5, 0.6) is 0 Å². The Balaban J connectivity index is 2.08. The van der Waals surface area contributed by atoms with Gasteiger partial charge in [0, 0.05) is 11.6 Å². The van der Waals surface area contributed by atoms with Crippen LogP contribution in [0.1, 0.15) is 11.3 Å². The third-order valence-electron chi connectivity index (χ3n) is 1.94. The van der Waals surface area contributed by atoms with Gasteiger partial charge in [-0.05, 0) is 6.92 Å². The van der Waals surface area contributed by atoms with E-state index in [1.165, 1.54) is 6.33 Å². The molecule has 0 bridgehead atoms. The third-order valence-corrected chi connectivity index (χ3v) is 2.32. The third kappa shape index (κ3) is 2.24. The summed E-state index contributed by atoms with van der Waals surface area (Å²) in [5, 5.41) is 7.14. The number of nitrogens with one attached hydrogen (secondary N) is 1. The topological polar surface area (TPSA) is 63.8 Å². The zero-order valence-electron chi connectivity index (χ0n) is 8.07. The second-order valence-corrected chi connectivity index (χ2v) is 3.33. The molecule has 15 heavy (non-hydrogen) atoms. The van der Waals surface area contributed by atoms with E-state index in [1.807, 2.05) is 6.92 Å². The molecule has 0 radical (unpaired) electrons. The molecule has 6 heteroatoms. The van der Waals surface area contributed by atoms with Gasteiger partial charge in [0.2, 0.25) is 0 Å². The van der Waals surface area contributed by atoms with Crippen LogP contribution in [0.2, 0.25) is 5.15 Å². The Bertz CT molecular complexity index is 443. The van der Waals surface area contributed by atoms with Crippen molar-refractivity contribution in [2.75, 3.05) is 5.32 Å². The van der Waals surface area contributed by atoms with E-state index in [1.54, 1.807) is 12.3 Å². The van der Waals surface area contributed by atoms with Crippen molar-refractivity contribution in [1.82, 2.24) is 15.1 Å². The fourth-order valence-electron chi connectivity index (χ4n) is 1.11. The Morgan fingerprint density at radius 1 is 1.47 bits per heavy atom. The lowest BCUT2D eigenvalue weighted by molar-refractivity contribution is 0.388. The highest BCUT2D eigenvalue weighted by Crippen LogP contribution is 2.18. The number of hydrogen-bond acceptors (Lipinski definition) is 5. The van der Waals surface area contributed by atoms with Gasteiger partial charge in [0.25, 0.3) is 0 Å². The summed E-state index contributed by atoms with van der Waals surface area (Å²) >= 11 is 5.85. The summed E-state index contributed by atoms with van der Waals surface area (Å²) in [6, 6.07) is 1.78. The molecule has 2 rings (SSSR count). The van der Waals surface area contributed by atoms with Gasteiger partial charge >= 0.3 is 0 Å². The molecular formula is C9H9ClN4O. The van der Waals surface area contributed by atoms with Crippen LogP contribution in [-0.4, -0.2) is 15.1 Å². The van der Waals surface area contributed by atoms with Crippen LogP contribution in [0, 0.1) is 6.92 Å². The summed E-state index contributed by atoms with van der Waals surface area (Å²) in [5.41, 5.74) is 0.818. The van der Waals surface area contributed by atoms with E-state index in [4.69, 9.17) is 16.1 Å². The van der Waals surface area contributed by atoms with Gasteiger partial charge in [0.15, 0.2) is 5.76 Å². The quantitative estimate of drug-likeness (QED) is 0.809. The molecule has 0 aliphatic carbocycles. The molecule has 2 aromatic heterocycles. The number of anilines is 1. The van der Waals surface area contributed by atoms with E-state index in [0.717, 1.165) is 11.3 Å². The Labute approximate surface area is 91.5 Å². The van der Waals surface area contributed by atoms with Gasteiger partial charge in [-0.15, -0.1) is 0 Å². The van der Waals surface area contributed by atoms with Crippen molar-refractivity contribution >= 4 is 17.4 Å². The van der Waals surface area contributed by atoms with Crippen LogP contribution >= 0.6 is 11.6 Å². The van der Waals surface area contributed by atoms with Crippen LogP contribution in [0.3, 0.4) is 0 Å². The van der Waals surface area contributed by atoms with Gasteiger partial charge in [-0.2, -0.15) is 0 Å². The van der Waals surface area contributed by atoms with Crippen LogP contribution in [-0.2, 0) is 6.54 Å². The molecule has 78 valence electrons. The highest BCUT2D eigenvalue weighted by Gasteiger charge is 2.05. The number of hydrogen-bond donors (Lipinski definition) is 1. The number of aromatic nitrogens is 3. The molecule has 0 fully saturated rings. The Morgan fingerprint density at radius 2 is 2.33 bits per heavy atom. The maximum Gasteiger partial charge on any atom is 0.155 e. The van der Waals surface area contributed by atoms with E-state index < -0.39 is 0 Å². The largest absolute Gasteiger partial charge is 0.362 e. The lowest BCUT2D eigenvalue weighted by Crippen LogP contribution is -2.03. The molecule has 1 N–H and O–H groups in total. The first-order valence-electron chi connectivity index (χ1n) is 4.38. The Kier molecular flexibility index (Phi) is 2.82. The normalized spacial score (nSPS) is 10.3. The molecule has 2 heterocycles. The van der Waals surface area contributed by atoms with Crippen molar-refractivity contribution in [1.29, 1.82) is 0 Å². The molecule has 0 atom stereocenters. The molecule has 0 amide bonds. The average Bonchev–Trinajstić information content (AvgIpc) is 2.73. The number of nitrogens with zero attached hydrogens (tertiary/aromatic N) is 3. The molecule has 0 unspecified atom stereocenters. The second kappa shape index (κ2) is 4.27. The first-order valence-corrected chi connectivity index (χ1v) is 4.75. The number of rotatable bonds is 3. The van der Waals surface area contributed by atoms with Crippen molar-refractivity contribution in [3.05, 3.63) is 35.1 Å². The summed E-state index contributed by atoms with van der Waals surface area (Å²) in [4.78, 5) is 7.93. The van der Waals surface area contributed by atoms with Crippen LogP contribution < -0.4 is 5.32 Å². The fourth-order valence-corrected chi connectivity index (χ4v) is 1.24. The van der Waals surface area contributed by atoms with Gasteiger partial charge in [0.05, 0.1) is 12.7 Å². The summed E-state index contributed by atoms with van der Waals surface area (Å²) < 4.78 is 4.94. The minimum absolute atomic E-state index is 0.449. The second-order valence-electron chi connectivity index (χ2n) is 2.97. The molecular weight excluding hydrogens is 216 g/mol. The van der Waals surface area contributed by atoms with E-state index in [2.05, 4.69) is 20.4 Å². The number of halogens is 1. The van der Waals surface area contributed by atoms with E-state index in [9.17, 15) is 0 Å². The summed E-state index contributed by atoms with van der Waals surface area (Å²) in [7, 11) is 0. The predicted octanol–water partition coefficient (Wildman–Crippen LogP) is 2.04. The SMILES string of the molecule is Cc1c(Cl)ncnc1NCc1ccno1. The van der Waals surface area contributed by atoms with Crippen LogP contribution in [0.15, 0.2) is 23.1 Å². The smallest absolute Gasteiger partial charge is 0.155 e. The zero-order chi connectivity index (χ0) is 10.7. The monoisotopic (exact) mass is 224 g/mol. The fraction of sp³-hybridized carbons (Fsp3) is 0.222. The average molecular weight is 225 g/mol. The standard InChI is InChI=1S/C9H9ClN4O/c1-6-8(10)12-5-13-9(6)11-4-7-2-3-14-15-7/h2-3,5H,4H2,1H3,(H,11,12,13). The Hall–Kier alpha value is -1.62. The van der Waals surface area contributed by atoms with Crippen LogP contribution in [0.4, 0.5) is 5.82 Å². The van der Waals surface area contributed by atoms with Crippen molar-refractivity contribution in [2.24, 2.45) is 0 Å². The van der Waals surface area contributed by atoms with Gasteiger partial charge < -0.3 is 9.84 Å². The molecule has 0 aromatic carbocycles.